The van der Waals surface area contributed by atoms with E-state index in [9.17, 15) is 4.79 Å². The largest absolute Gasteiger partial charge is 0.486 e. The van der Waals surface area contributed by atoms with Gasteiger partial charge in [0.1, 0.15) is 12.4 Å². The van der Waals surface area contributed by atoms with Crippen LogP contribution in [0.5, 0.6) is 5.75 Å². The molecule has 2 aromatic carbocycles. The van der Waals surface area contributed by atoms with Crippen LogP contribution < -0.4 is 10.1 Å². The molecule has 0 spiro atoms. The second kappa shape index (κ2) is 9.23. The van der Waals surface area contributed by atoms with Crippen molar-refractivity contribution in [3.63, 3.8) is 0 Å². The molecule has 3 aromatic rings. The lowest BCUT2D eigenvalue weighted by Crippen LogP contribution is -2.16. The van der Waals surface area contributed by atoms with Gasteiger partial charge in [-0.25, -0.2) is 4.98 Å². The quantitative estimate of drug-likeness (QED) is 0.576. The normalized spacial score (nSPS) is 10.6. The molecule has 7 heteroatoms. The maximum Gasteiger partial charge on any atom is 0.234 e. The number of carbonyl (C=O) groups is 1. The Morgan fingerprint density at radius 1 is 1.19 bits per heavy atom. The Kier molecular flexibility index (Phi) is 6.49. The Labute approximate surface area is 162 Å². The Morgan fingerprint density at radius 3 is 2.78 bits per heavy atom. The van der Waals surface area contributed by atoms with E-state index in [1.807, 2.05) is 55.5 Å². The Bertz CT molecular complexity index is 896. The summed E-state index contributed by atoms with van der Waals surface area (Å²) in [6, 6.07) is 15.5. The summed E-state index contributed by atoms with van der Waals surface area (Å²) in [4.78, 5) is 16.6. The van der Waals surface area contributed by atoms with Gasteiger partial charge in [0.25, 0.3) is 0 Å². The molecule has 0 radical (unpaired) electrons. The molecule has 27 heavy (non-hydrogen) atoms. The Hall–Kier alpha value is -2.80. The van der Waals surface area contributed by atoms with Crippen LogP contribution in [-0.4, -0.2) is 26.8 Å². The highest BCUT2D eigenvalue weighted by atomic mass is 32.2. The summed E-state index contributed by atoms with van der Waals surface area (Å²) < 4.78 is 5.63. The molecule has 1 heterocycles. The number of aryl methyl sites for hydroxylation is 2. The van der Waals surface area contributed by atoms with Crippen molar-refractivity contribution in [1.82, 2.24) is 15.2 Å². The van der Waals surface area contributed by atoms with E-state index in [4.69, 9.17) is 4.74 Å². The number of hydrogen-bond donors (Lipinski definition) is 2. The number of hydrogen-bond acceptors (Lipinski definition) is 5. The van der Waals surface area contributed by atoms with Crippen LogP contribution in [0.15, 0.2) is 53.7 Å². The Balaban J connectivity index is 1.50. The number of aromatic amines is 1. The molecule has 1 amide bonds. The molecule has 1 aromatic heterocycles. The number of amides is 1. The van der Waals surface area contributed by atoms with E-state index in [0.717, 1.165) is 29.0 Å². The fraction of sp³-hybridized carbons (Fsp3) is 0.250. The van der Waals surface area contributed by atoms with Gasteiger partial charge in [-0.15, -0.1) is 5.10 Å². The zero-order chi connectivity index (χ0) is 19.1. The van der Waals surface area contributed by atoms with Gasteiger partial charge in [0.2, 0.25) is 11.1 Å². The molecule has 0 unspecified atom stereocenters. The molecule has 0 saturated carbocycles. The van der Waals surface area contributed by atoms with Crippen LogP contribution in [0.25, 0.3) is 0 Å². The summed E-state index contributed by atoms with van der Waals surface area (Å²) >= 11 is 1.29. The molecule has 0 saturated heterocycles. The fourth-order valence-electron chi connectivity index (χ4n) is 2.58. The van der Waals surface area contributed by atoms with Gasteiger partial charge >= 0.3 is 0 Å². The van der Waals surface area contributed by atoms with Crippen molar-refractivity contribution in [2.45, 2.75) is 32.0 Å². The van der Waals surface area contributed by atoms with E-state index in [-0.39, 0.29) is 11.7 Å². The van der Waals surface area contributed by atoms with Gasteiger partial charge in [-0.05, 0) is 36.6 Å². The second-order valence-electron chi connectivity index (χ2n) is 5.97. The average molecular weight is 382 g/mol. The molecule has 0 atom stereocenters. The first-order valence-electron chi connectivity index (χ1n) is 8.76. The minimum atomic E-state index is -0.0733. The number of anilines is 1. The molecule has 3 rings (SSSR count). The molecule has 0 bridgehead atoms. The molecule has 6 nitrogen and oxygen atoms in total. The minimum Gasteiger partial charge on any atom is -0.486 e. The highest BCUT2D eigenvalue weighted by molar-refractivity contribution is 7.99. The number of rotatable bonds is 8. The van der Waals surface area contributed by atoms with Crippen molar-refractivity contribution in [3.8, 4) is 5.75 Å². The van der Waals surface area contributed by atoms with Gasteiger partial charge < -0.3 is 10.1 Å². The summed E-state index contributed by atoms with van der Waals surface area (Å²) in [6.07, 6.45) is 0.871. The average Bonchev–Trinajstić information content (AvgIpc) is 3.15. The third-order valence-corrected chi connectivity index (χ3v) is 4.81. The smallest absolute Gasteiger partial charge is 0.234 e. The van der Waals surface area contributed by atoms with Gasteiger partial charge in [-0.3, -0.25) is 9.89 Å². The summed E-state index contributed by atoms with van der Waals surface area (Å²) in [5.74, 6) is 1.56. The number of nitrogens with one attached hydrogen (secondary N) is 2. The van der Waals surface area contributed by atoms with E-state index in [2.05, 4.69) is 27.4 Å². The Morgan fingerprint density at radius 2 is 2.00 bits per heavy atom. The first-order chi connectivity index (χ1) is 13.2. The molecular formula is C20H22N4O2S. The number of carbonyl (C=O) groups excluding carboxylic acids is 1. The summed E-state index contributed by atoms with van der Waals surface area (Å²) in [6.45, 7) is 4.37. The highest BCUT2D eigenvalue weighted by Crippen LogP contribution is 2.22. The van der Waals surface area contributed by atoms with Gasteiger partial charge in [0.15, 0.2) is 5.82 Å². The first-order valence-corrected chi connectivity index (χ1v) is 9.74. The topological polar surface area (TPSA) is 79.9 Å². The van der Waals surface area contributed by atoms with E-state index >= 15 is 0 Å². The van der Waals surface area contributed by atoms with Crippen LogP contribution in [0.3, 0.4) is 0 Å². The number of ether oxygens (including phenoxy) is 1. The molecular weight excluding hydrogens is 360 g/mol. The number of H-pyrrole nitrogens is 1. The van der Waals surface area contributed by atoms with Crippen LogP contribution in [0.1, 0.15) is 23.9 Å². The van der Waals surface area contributed by atoms with Gasteiger partial charge in [0, 0.05) is 5.69 Å². The number of para-hydroxylation sites is 2. The van der Waals surface area contributed by atoms with Crippen molar-refractivity contribution in [3.05, 3.63) is 65.5 Å². The van der Waals surface area contributed by atoms with Crippen molar-refractivity contribution in [1.29, 1.82) is 0 Å². The molecule has 140 valence electrons. The summed E-state index contributed by atoms with van der Waals surface area (Å²) in [5.41, 5.74) is 3.09. The first kappa shape index (κ1) is 19.0. The number of nitrogens with zero attached hydrogens (tertiary/aromatic N) is 2. The number of aromatic nitrogens is 3. The molecule has 0 aliphatic rings. The maximum atomic E-state index is 12.3. The van der Waals surface area contributed by atoms with Gasteiger partial charge in [-0.1, -0.05) is 55.1 Å². The summed E-state index contributed by atoms with van der Waals surface area (Å²) in [5, 5.41) is 10.5. The van der Waals surface area contributed by atoms with Crippen LogP contribution >= 0.6 is 11.8 Å². The SMILES string of the molecule is CCc1cccc(C)c1NC(=O)CSc1n[nH]c(COc2ccccc2)n1. The predicted octanol–water partition coefficient (Wildman–Crippen LogP) is 3.99. The van der Waals surface area contributed by atoms with Crippen LogP contribution in [0.4, 0.5) is 5.69 Å². The lowest BCUT2D eigenvalue weighted by atomic mass is 10.1. The zero-order valence-electron chi connectivity index (χ0n) is 15.4. The predicted molar refractivity (Wildman–Crippen MR) is 107 cm³/mol. The monoisotopic (exact) mass is 382 g/mol. The minimum absolute atomic E-state index is 0.0733. The van der Waals surface area contributed by atoms with E-state index in [1.54, 1.807) is 0 Å². The van der Waals surface area contributed by atoms with Crippen LogP contribution in [-0.2, 0) is 17.8 Å². The van der Waals surface area contributed by atoms with E-state index < -0.39 is 0 Å². The zero-order valence-corrected chi connectivity index (χ0v) is 16.2. The van der Waals surface area contributed by atoms with E-state index in [0.29, 0.717) is 17.6 Å². The van der Waals surface area contributed by atoms with Crippen molar-refractivity contribution in [2.75, 3.05) is 11.1 Å². The van der Waals surface area contributed by atoms with E-state index in [1.165, 1.54) is 11.8 Å². The van der Waals surface area contributed by atoms with Gasteiger partial charge in [-0.2, -0.15) is 0 Å². The van der Waals surface area contributed by atoms with Crippen molar-refractivity contribution < 1.29 is 9.53 Å². The lowest BCUT2D eigenvalue weighted by molar-refractivity contribution is -0.113. The number of thioether (sulfide) groups is 1. The number of benzene rings is 2. The van der Waals surface area contributed by atoms with Crippen molar-refractivity contribution in [2.24, 2.45) is 0 Å². The summed E-state index contributed by atoms with van der Waals surface area (Å²) in [7, 11) is 0. The van der Waals surface area contributed by atoms with Crippen LogP contribution in [0.2, 0.25) is 0 Å². The fourth-order valence-corrected chi connectivity index (χ4v) is 3.20. The third-order valence-electron chi connectivity index (χ3n) is 3.97. The maximum absolute atomic E-state index is 12.3. The molecule has 0 aliphatic carbocycles. The van der Waals surface area contributed by atoms with Gasteiger partial charge in [0.05, 0.1) is 5.75 Å². The molecule has 0 aliphatic heterocycles. The third kappa shape index (κ3) is 5.34. The van der Waals surface area contributed by atoms with Crippen molar-refractivity contribution >= 4 is 23.4 Å². The highest BCUT2D eigenvalue weighted by Gasteiger charge is 2.11. The second-order valence-corrected chi connectivity index (χ2v) is 6.91. The van der Waals surface area contributed by atoms with Crippen LogP contribution in [0, 0.1) is 6.92 Å². The molecule has 2 N–H and O–H groups in total. The standard InChI is InChI=1S/C20H22N4O2S/c1-3-15-9-7-8-14(2)19(15)22-18(25)13-27-20-21-17(23-24-20)12-26-16-10-5-4-6-11-16/h4-11H,3,12-13H2,1-2H3,(H,22,25)(H,21,23,24). The lowest BCUT2D eigenvalue weighted by Gasteiger charge is -2.12. The molecule has 0 fully saturated rings.